The molecule has 1 aromatic heterocycles. The molecule has 11 nitrogen and oxygen atoms in total. The summed E-state index contributed by atoms with van der Waals surface area (Å²) >= 11 is 0. The maximum absolute atomic E-state index is 14.1. The highest BCUT2D eigenvalue weighted by molar-refractivity contribution is 6.01. The van der Waals surface area contributed by atoms with Gasteiger partial charge in [-0.15, -0.1) is 0 Å². The highest BCUT2D eigenvalue weighted by Crippen LogP contribution is 2.58. The van der Waals surface area contributed by atoms with E-state index in [0.717, 1.165) is 50.5 Å². The van der Waals surface area contributed by atoms with Crippen LogP contribution in [-0.4, -0.2) is 71.3 Å². The summed E-state index contributed by atoms with van der Waals surface area (Å²) in [5.74, 6) is -0.274. The van der Waals surface area contributed by atoms with Crippen molar-refractivity contribution in [3.63, 3.8) is 0 Å². The van der Waals surface area contributed by atoms with E-state index in [1.54, 1.807) is 24.2 Å². The van der Waals surface area contributed by atoms with E-state index in [1.807, 2.05) is 31.2 Å². The number of aryl methyl sites for hydroxylation is 1. The van der Waals surface area contributed by atoms with Crippen molar-refractivity contribution < 1.29 is 23.9 Å². The number of aromatic nitrogens is 2. The molecule has 1 aromatic carbocycles. The van der Waals surface area contributed by atoms with Gasteiger partial charge in [0, 0.05) is 44.5 Å². The Bertz CT molecular complexity index is 1500. The Morgan fingerprint density at radius 2 is 1.70 bits per heavy atom. The Kier molecular flexibility index (Phi) is 8.86. The number of rotatable bonds is 12. The number of carbonyl (C=O) groups excluding carboxylic acids is 4. The molecule has 2 aromatic rings. The smallest absolute Gasteiger partial charge is 0.409 e. The van der Waals surface area contributed by atoms with Crippen LogP contribution in [0.25, 0.3) is 0 Å². The quantitative estimate of drug-likeness (QED) is 0.308. The number of benzene rings is 1. The molecule has 0 spiro atoms. The van der Waals surface area contributed by atoms with Crippen molar-refractivity contribution in [2.75, 3.05) is 32.1 Å². The standard InChI is InChI=1S/C36H50N6O5/c1-34(15-7-16-34)22-37-32(45)36(3,25-20-42(21-25)33(46)47-5)24-10-12-26(13-11-24)39-31(44)29(40-30(43)27-14-19-38-41(27)4)28(23-8-6-9-23)35(2)17-18-35/h10-14,19,23,25,28-29H,6-9,15-18,20-22H2,1-5H3,(H,37,45)(H,39,44)(H,40,43)/t28?,29-,36?/m0/s1. The van der Waals surface area contributed by atoms with Gasteiger partial charge in [-0.2, -0.15) is 5.10 Å². The molecule has 2 heterocycles. The second-order valence-electron chi connectivity index (χ2n) is 15.3. The Morgan fingerprint density at radius 1 is 1.02 bits per heavy atom. The minimum Gasteiger partial charge on any atom is -0.453 e. The number of hydrogen-bond donors (Lipinski definition) is 3. The second-order valence-corrected chi connectivity index (χ2v) is 15.3. The van der Waals surface area contributed by atoms with Gasteiger partial charge in [0.25, 0.3) is 5.91 Å². The second kappa shape index (κ2) is 12.6. The molecule has 2 unspecified atom stereocenters. The van der Waals surface area contributed by atoms with Gasteiger partial charge in [0.05, 0.1) is 12.5 Å². The monoisotopic (exact) mass is 646 g/mol. The van der Waals surface area contributed by atoms with Gasteiger partial charge in [0.1, 0.15) is 11.7 Å². The molecule has 3 aliphatic carbocycles. The van der Waals surface area contributed by atoms with E-state index in [1.165, 1.54) is 18.2 Å². The number of nitrogens with one attached hydrogen (secondary N) is 3. The highest BCUT2D eigenvalue weighted by Gasteiger charge is 2.54. The van der Waals surface area contributed by atoms with E-state index in [9.17, 15) is 19.2 Å². The Labute approximate surface area is 277 Å². The first-order chi connectivity index (χ1) is 22.4. The molecular weight excluding hydrogens is 596 g/mol. The summed E-state index contributed by atoms with van der Waals surface area (Å²) in [4.78, 5) is 55.2. The van der Waals surface area contributed by atoms with Crippen molar-refractivity contribution in [3.05, 3.63) is 47.8 Å². The molecule has 3 atom stereocenters. The minimum absolute atomic E-state index is 0.0171. The number of amides is 4. The predicted octanol–water partition coefficient (Wildman–Crippen LogP) is 4.64. The topological polar surface area (TPSA) is 135 Å². The van der Waals surface area contributed by atoms with Crippen molar-refractivity contribution >= 4 is 29.5 Å². The Hall–Kier alpha value is -3.89. The first-order valence-electron chi connectivity index (χ1n) is 17.2. The lowest BCUT2D eigenvalue weighted by molar-refractivity contribution is -0.131. The van der Waals surface area contributed by atoms with Crippen LogP contribution in [0.4, 0.5) is 10.5 Å². The summed E-state index contributed by atoms with van der Waals surface area (Å²) in [6.07, 6.45) is 9.93. The van der Waals surface area contributed by atoms with Crippen molar-refractivity contribution in [1.29, 1.82) is 0 Å². The molecule has 3 N–H and O–H groups in total. The zero-order valence-electron chi connectivity index (χ0n) is 28.4. The molecule has 47 heavy (non-hydrogen) atoms. The molecule has 4 amide bonds. The van der Waals surface area contributed by atoms with Crippen LogP contribution in [-0.2, 0) is 26.8 Å². The zero-order chi connectivity index (χ0) is 33.6. The van der Waals surface area contributed by atoms with Crippen LogP contribution in [0, 0.1) is 28.6 Å². The third kappa shape index (κ3) is 6.37. The molecule has 6 rings (SSSR count). The number of likely N-dealkylation sites (tertiary alicyclic amines) is 1. The van der Waals surface area contributed by atoms with Gasteiger partial charge in [-0.1, -0.05) is 51.7 Å². The summed E-state index contributed by atoms with van der Waals surface area (Å²) in [6.45, 7) is 7.86. The Balaban J connectivity index is 1.21. The number of anilines is 1. The van der Waals surface area contributed by atoms with Crippen molar-refractivity contribution in [2.45, 2.75) is 83.6 Å². The Morgan fingerprint density at radius 3 is 2.21 bits per heavy atom. The fourth-order valence-corrected chi connectivity index (χ4v) is 7.93. The molecule has 254 valence electrons. The first-order valence-corrected chi connectivity index (χ1v) is 17.2. The summed E-state index contributed by atoms with van der Waals surface area (Å²) in [5.41, 5.74) is 1.08. The molecule has 0 bridgehead atoms. The van der Waals surface area contributed by atoms with Crippen LogP contribution in [0.3, 0.4) is 0 Å². The highest BCUT2D eigenvalue weighted by atomic mass is 16.5. The lowest BCUT2D eigenvalue weighted by Gasteiger charge is -2.48. The largest absolute Gasteiger partial charge is 0.453 e. The average Bonchev–Trinajstić information content (AvgIpc) is 3.59. The van der Waals surface area contributed by atoms with Gasteiger partial charge in [0.2, 0.25) is 11.8 Å². The summed E-state index contributed by atoms with van der Waals surface area (Å²) in [5, 5.41) is 13.6. The number of ether oxygens (including phenoxy) is 1. The maximum Gasteiger partial charge on any atom is 0.409 e. The van der Waals surface area contributed by atoms with Gasteiger partial charge in [-0.05, 0) is 79.0 Å². The molecule has 0 radical (unpaired) electrons. The van der Waals surface area contributed by atoms with E-state index in [4.69, 9.17) is 4.74 Å². The van der Waals surface area contributed by atoms with Gasteiger partial charge in [-0.3, -0.25) is 19.1 Å². The summed E-state index contributed by atoms with van der Waals surface area (Å²) in [6, 6.07) is 8.43. The van der Waals surface area contributed by atoms with Crippen LogP contribution in [0.5, 0.6) is 0 Å². The van der Waals surface area contributed by atoms with E-state index in [0.29, 0.717) is 36.9 Å². The number of hydrogen-bond acceptors (Lipinski definition) is 6. The van der Waals surface area contributed by atoms with E-state index in [2.05, 4.69) is 34.9 Å². The first kappa shape index (κ1) is 33.0. The molecule has 1 aliphatic heterocycles. The summed E-state index contributed by atoms with van der Waals surface area (Å²) < 4.78 is 6.42. The van der Waals surface area contributed by atoms with E-state index < -0.39 is 17.6 Å². The lowest BCUT2D eigenvalue weighted by Crippen LogP contribution is -2.62. The van der Waals surface area contributed by atoms with Gasteiger partial charge in [-0.25, -0.2) is 4.79 Å². The van der Waals surface area contributed by atoms with Crippen LogP contribution in [0.2, 0.25) is 0 Å². The van der Waals surface area contributed by atoms with E-state index >= 15 is 0 Å². The third-order valence-corrected chi connectivity index (χ3v) is 12.1. The zero-order valence-corrected chi connectivity index (χ0v) is 28.4. The molecule has 3 saturated carbocycles. The van der Waals surface area contributed by atoms with Crippen molar-refractivity contribution in [2.24, 2.45) is 35.6 Å². The maximum atomic E-state index is 14.1. The molecule has 1 saturated heterocycles. The summed E-state index contributed by atoms with van der Waals surface area (Å²) in [7, 11) is 3.08. The van der Waals surface area contributed by atoms with Crippen LogP contribution >= 0.6 is 0 Å². The number of carbonyl (C=O) groups is 4. The normalized spacial score (nSPS) is 22.3. The minimum atomic E-state index is -0.886. The van der Waals surface area contributed by atoms with Gasteiger partial charge >= 0.3 is 6.09 Å². The van der Waals surface area contributed by atoms with Gasteiger partial charge in [0.15, 0.2) is 0 Å². The fraction of sp³-hybridized carbons (Fsp3) is 0.639. The molecule has 11 heteroatoms. The van der Waals surface area contributed by atoms with Gasteiger partial charge < -0.3 is 25.6 Å². The van der Waals surface area contributed by atoms with Crippen LogP contribution in [0.15, 0.2) is 36.5 Å². The van der Waals surface area contributed by atoms with Crippen LogP contribution < -0.4 is 16.0 Å². The average molecular weight is 647 g/mol. The predicted molar refractivity (Wildman–Crippen MR) is 177 cm³/mol. The van der Waals surface area contributed by atoms with Crippen LogP contribution in [0.1, 0.15) is 88.2 Å². The number of nitrogens with zero attached hydrogens (tertiary/aromatic N) is 3. The van der Waals surface area contributed by atoms with Crippen molar-refractivity contribution in [1.82, 2.24) is 25.3 Å². The third-order valence-electron chi connectivity index (χ3n) is 12.1. The fourth-order valence-electron chi connectivity index (χ4n) is 7.93. The number of methoxy groups -OCH3 is 1. The molecule has 4 fully saturated rings. The van der Waals surface area contributed by atoms with Crippen molar-refractivity contribution in [3.8, 4) is 0 Å². The van der Waals surface area contributed by atoms with E-state index in [-0.39, 0.29) is 40.4 Å². The SMILES string of the molecule is COC(=O)N1CC(C(C)(C(=O)NCC2(C)CCC2)c2ccc(NC(=O)[C@@H](NC(=O)c3ccnn3C)C(C3CCC3)C3(C)CC3)cc2)C1. The molecule has 4 aliphatic rings. The molecular formula is C36H50N6O5. The lowest BCUT2D eigenvalue weighted by atomic mass is 9.66.